The summed E-state index contributed by atoms with van der Waals surface area (Å²) in [7, 11) is 1.56. The second kappa shape index (κ2) is 14.2. The maximum Gasteiger partial charge on any atom is 0.255 e. The minimum absolute atomic E-state index is 0.00261. The molecule has 0 spiro atoms. The molecule has 2 atom stereocenters. The minimum atomic E-state index is -0.900. The number of imidazole rings is 1. The minimum Gasteiger partial charge on any atom is -0.383 e. The number of ether oxygens (including phenoxy) is 2. The highest BCUT2D eigenvalue weighted by atomic mass is 19.1. The Kier molecular flexibility index (Phi) is 10.1. The molecule has 0 bridgehead atoms. The number of fused-ring (bicyclic) bond motifs is 1. The van der Waals surface area contributed by atoms with Crippen molar-refractivity contribution in [1.82, 2.24) is 29.1 Å². The standard InChI is InChI=1S/C31H38F2N8O4/c1-4-26(42)40-17-20(15-21(40)18-44-3)41-31(35-9-6-10-38-11-13-45-14-12-38)27(30(34)43)24(37-41)8-7-22-23(32)16-25-29(28(22)33)36-19-39(25)5-2/h4,16,19-21,35H,1,5-6,9-15,17-18H2,2-3H3,(H2,34,43)/t20-,21+/m0/s1. The third-order valence-corrected chi connectivity index (χ3v) is 8.21. The lowest BCUT2D eigenvalue weighted by Crippen LogP contribution is -2.37. The van der Waals surface area contributed by atoms with Gasteiger partial charge in [-0.2, -0.15) is 5.10 Å². The van der Waals surface area contributed by atoms with Crippen LogP contribution in [-0.2, 0) is 20.8 Å². The molecule has 4 heterocycles. The molecular weight excluding hydrogens is 586 g/mol. The van der Waals surface area contributed by atoms with Crippen LogP contribution < -0.4 is 11.1 Å². The fourth-order valence-corrected chi connectivity index (χ4v) is 5.95. The van der Waals surface area contributed by atoms with Crippen molar-refractivity contribution in [2.45, 2.75) is 38.4 Å². The summed E-state index contributed by atoms with van der Waals surface area (Å²) in [5, 5.41) is 7.95. The number of hydrogen-bond acceptors (Lipinski definition) is 8. The van der Waals surface area contributed by atoms with Crippen molar-refractivity contribution in [2.75, 3.05) is 65.0 Å². The fraction of sp³-hybridized carbons (Fsp3) is 0.484. The lowest BCUT2D eigenvalue weighted by atomic mass is 10.1. The van der Waals surface area contributed by atoms with Crippen LogP contribution in [0.25, 0.3) is 11.0 Å². The molecule has 2 saturated heterocycles. The number of nitrogens with two attached hydrogens (primary N) is 1. The van der Waals surface area contributed by atoms with E-state index < -0.39 is 23.1 Å². The van der Waals surface area contributed by atoms with E-state index >= 15 is 8.78 Å². The third-order valence-electron chi connectivity index (χ3n) is 8.21. The van der Waals surface area contributed by atoms with Crippen molar-refractivity contribution in [1.29, 1.82) is 0 Å². The molecule has 5 rings (SSSR count). The van der Waals surface area contributed by atoms with E-state index in [2.05, 4.69) is 38.7 Å². The summed E-state index contributed by atoms with van der Waals surface area (Å²) in [6, 6.07) is 0.564. The van der Waals surface area contributed by atoms with E-state index in [-0.39, 0.29) is 41.3 Å². The van der Waals surface area contributed by atoms with Crippen molar-refractivity contribution in [3.63, 3.8) is 0 Å². The highest BCUT2D eigenvalue weighted by molar-refractivity contribution is 6.00. The van der Waals surface area contributed by atoms with Gasteiger partial charge in [0.1, 0.15) is 22.7 Å². The zero-order chi connectivity index (χ0) is 32.1. The molecule has 1 aromatic carbocycles. The molecule has 3 aromatic rings. The van der Waals surface area contributed by atoms with E-state index in [1.807, 2.05) is 6.92 Å². The van der Waals surface area contributed by atoms with Gasteiger partial charge in [0, 0.05) is 45.9 Å². The van der Waals surface area contributed by atoms with Crippen molar-refractivity contribution in [2.24, 2.45) is 5.73 Å². The van der Waals surface area contributed by atoms with Crippen LogP contribution >= 0.6 is 0 Å². The SMILES string of the molecule is C=CC(=O)N1C[C@@H](n2nc(C#Cc3c(F)cc4c(ncn4CC)c3F)c(C(N)=O)c2NCCCN2CCOCC2)C[C@@H]1COC. The fourth-order valence-electron chi connectivity index (χ4n) is 5.95. The van der Waals surface area contributed by atoms with E-state index in [9.17, 15) is 9.59 Å². The van der Waals surface area contributed by atoms with Crippen molar-refractivity contribution in [3.8, 4) is 11.8 Å². The summed E-state index contributed by atoms with van der Waals surface area (Å²) in [6.07, 6.45) is 3.91. The Balaban J connectivity index is 1.51. The average Bonchev–Trinajstić information content (AvgIpc) is 3.74. The van der Waals surface area contributed by atoms with Gasteiger partial charge in [0.25, 0.3) is 5.91 Å². The van der Waals surface area contributed by atoms with Crippen LogP contribution in [0.3, 0.4) is 0 Å². The number of nitrogens with zero attached hydrogens (tertiary/aromatic N) is 6. The Bertz CT molecular complexity index is 1640. The van der Waals surface area contributed by atoms with E-state index in [1.54, 1.807) is 21.3 Å². The second-order valence-corrected chi connectivity index (χ2v) is 11.0. The summed E-state index contributed by atoms with van der Waals surface area (Å²) in [4.78, 5) is 33.6. The molecule has 0 saturated carbocycles. The molecule has 12 nitrogen and oxygen atoms in total. The predicted octanol–water partition coefficient (Wildman–Crippen LogP) is 2.14. The normalized spacial score (nSPS) is 18.6. The Morgan fingerprint density at radius 1 is 1.29 bits per heavy atom. The summed E-state index contributed by atoms with van der Waals surface area (Å²) in [5.74, 6) is 2.76. The largest absolute Gasteiger partial charge is 0.383 e. The van der Waals surface area contributed by atoms with Gasteiger partial charge in [0.15, 0.2) is 11.5 Å². The average molecular weight is 625 g/mol. The number of primary amides is 1. The maximum atomic E-state index is 15.4. The summed E-state index contributed by atoms with van der Waals surface area (Å²) in [5.41, 5.74) is 5.65. The Morgan fingerprint density at radius 2 is 2.07 bits per heavy atom. The Morgan fingerprint density at radius 3 is 2.76 bits per heavy atom. The highest BCUT2D eigenvalue weighted by Gasteiger charge is 2.38. The Hall–Kier alpha value is -4.32. The topological polar surface area (TPSA) is 133 Å². The van der Waals surface area contributed by atoms with Gasteiger partial charge in [0.2, 0.25) is 5.91 Å². The predicted molar refractivity (Wildman–Crippen MR) is 164 cm³/mol. The number of likely N-dealkylation sites (tertiary alicyclic amines) is 1. The highest BCUT2D eigenvalue weighted by Crippen LogP contribution is 2.33. The summed E-state index contributed by atoms with van der Waals surface area (Å²) >= 11 is 0. The van der Waals surface area contributed by atoms with Gasteiger partial charge in [-0.15, -0.1) is 0 Å². The molecule has 240 valence electrons. The molecule has 2 amide bonds. The first-order valence-electron chi connectivity index (χ1n) is 15.0. The molecular formula is C31H38F2N8O4. The number of aromatic nitrogens is 4. The molecule has 45 heavy (non-hydrogen) atoms. The van der Waals surface area contributed by atoms with E-state index in [4.69, 9.17) is 15.2 Å². The van der Waals surface area contributed by atoms with Gasteiger partial charge in [-0.05, 0) is 38.3 Å². The quantitative estimate of drug-likeness (QED) is 0.189. The van der Waals surface area contributed by atoms with Crippen LogP contribution in [0.1, 0.15) is 47.4 Å². The molecule has 2 aliphatic heterocycles. The lowest BCUT2D eigenvalue weighted by Gasteiger charge is -2.26. The molecule has 0 radical (unpaired) electrons. The molecule has 3 N–H and O–H groups in total. The summed E-state index contributed by atoms with van der Waals surface area (Å²) in [6.45, 7) is 10.9. The van der Waals surface area contributed by atoms with Crippen LogP contribution in [0.15, 0.2) is 25.0 Å². The molecule has 2 aliphatic rings. The summed E-state index contributed by atoms with van der Waals surface area (Å²) < 4.78 is 44.5. The number of hydrogen-bond donors (Lipinski definition) is 2. The maximum absolute atomic E-state index is 15.4. The number of carbonyl (C=O) groups is 2. The van der Waals surface area contributed by atoms with Gasteiger partial charge < -0.3 is 30.0 Å². The smallest absolute Gasteiger partial charge is 0.255 e. The van der Waals surface area contributed by atoms with Crippen LogP contribution in [0, 0.1) is 23.5 Å². The first-order valence-corrected chi connectivity index (χ1v) is 15.0. The number of amides is 2. The molecule has 14 heteroatoms. The lowest BCUT2D eigenvalue weighted by molar-refractivity contribution is -0.127. The second-order valence-electron chi connectivity index (χ2n) is 11.0. The number of nitrogens with one attached hydrogen (secondary N) is 1. The molecule has 0 unspecified atom stereocenters. The number of halogens is 2. The van der Waals surface area contributed by atoms with Crippen LogP contribution in [0.4, 0.5) is 14.6 Å². The number of aryl methyl sites for hydroxylation is 1. The van der Waals surface area contributed by atoms with Crippen molar-refractivity contribution in [3.05, 3.63) is 53.5 Å². The van der Waals surface area contributed by atoms with Gasteiger partial charge in [0.05, 0.1) is 49.3 Å². The molecule has 2 aromatic heterocycles. The van der Waals surface area contributed by atoms with Gasteiger partial charge >= 0.3 is 0 Å². The van der Waals surface area contributed by atoms with Crippen LogP contribution in [0.2, 0.25) is 0 Å². The Labute approximate surface area is 260 Å². The number of benzene rings is 1. The number of rotatable bonds is 11. The van der Waals surface area contributed by atoms with E-state index in [1.165, 1.54) is 18.5 Å². The third kappa shape index (κ3) is 6.70. The van der Waals surface area contributed by atoms with Crippen LogP contribution in [0.5, 0.6) is 0 Å². The number of morpholine rings is 1. The molecule has 0 aliphatic carbocycles. The first-order chi connectivity index (χ1) is 21.8. The number of anilines is 1. The van der Waals surface area contributed by atoms with Crippen LogP contribution in [-0.4, -0.2) is 107 Å². The molecule has 2 fully saturated rings. The first kappa shape index (κ1) is 32.1. The van der Waals surface area contributed by atoms with Gasteiger partial charge in [-0.1, -0.05) is 12.5 Å². The number of methoxy groups -OCH3 is 1. The van der Waals surface area contributed by atoms with E-state index in [0.717, 1.165) is 26.1 Å². The van der Waals surface area contributed by atoms with Gasteiger partial charge in [-0.3, -0.25) is 14.5 Å². The van der Waals surface area contributed by atoms with Crippen molar-refractivity contribution < 1.29 is 27.8 Å². The number of carbonyl (C=O) groups excluding carboxylic acids is 2. The monoisotopic (exact) mass is 624 g/mol. The zero-order valence-electron chi connectivity index (χ0n) is 25.5. The van der Waals surface area contributed by atoms with Crippen molar-refractivity contribution >= 4 is 28.7 Å². The van der Waals surface area contributed by atoms with E-state index in [0.29, 0.717) is 50.7 Å². The van der Waals surface area contributed by atoms with Gasteiger partial charge in [-0.25, -0.2) is 18.4 Å². The zero-order valence-corrected chi connectivity index (χ0v) is 25.5.